The van der Waals surface area contributed by atoms with Crippen LogP contribution in [-0.4, -0.2) is 57.2 Å². The maximum atomic E-state index is 11.9. The van der Waals surface area contributed by atoms with Gasteiger partial charge in [0.1, 0.15) is 6.10 Å². The van der Waals surface area contributed by atoms with E-state index in [0.29, 0.717) is 35.3 Å². The van der Waals surface area contributed by atoms with Gasteiger partial charge in [0.2, 0.25) is 0 Å². The predicted octanol–water partition coefficient (Wildman–Crippen LogP) is 5.44. The molecule has 5 rings (SSSR count). The number of aliphatic hydroxyl groups is 1. The van der Waals surface area contributed by atoms with Gasteiger partial charge in [0.25, 0.3) is 0 Å². The average Bonchev–Trinajstić information content (AvgIpc) is 3.44. The molecule has 0 saturated carbocycles. The molecular formula is C26H26ClN3O4S. The van der Waals surface area contributed by atoms with E-state index in [1.165, 1.54) is 0 Å². The zero-order chi connectivity index (χ0) is 24.6. The van der Waals surface area contributed by atoms with E-state index in [1.54, 1.807) is 12.5 Å². The maximum absolute atomic E-state index is 11.9. The summed E-state index contributed by atoms with van der Waals surface area (Å²) in [4.78, 5) is 7.98. The van der Waals surface area contributed by atoms with Crippen molar-refractivity contribution in [1.82, 2.24) is 9.97 Å². The van der Waals surface area contributed by atoms with Crippen LogP contribution in [0.3, 0.4) is 0 Å². The SMILES string of the molecule is CS(C)(=O)=Nc1ccc(-c2ccc(-c3nc4cc(O[C@@H]5COC(CO)C5)[nH]c4cc3Cl)cc2)cc1. The van der Waals surface area contributed by atoms with Crippen LogP contribution < -0.4 is 4.74 Å². The minimum atomic E-state index is -2.19. The fourth-order valence-electron chi connectivity index (χ4n) is 4.12. The number of hydrogen-bond acceptors (Lipinski definition) is 6. The molecule has 1 fully saturated rings. The monoisotopic (exact) mass is 511 g/mol. The van der Waals surface area contributed by atoms with Gasteiger partial charge in [0.05, 0.1) is 46.8 Å². The number of fused-ring (bicyclic) bond motifs is 1. The van der Waals surface area contributed by atoms with Crippen molar-refractivity contribution in [2.75, 3.05) is 25.7 Å². The summed E-state index contributed by atoms with van der Waals surface area (Å²) in [6.45, 7) is 0.440. The Bertz CT molecular complexity index is 1470. The van der Waals surface area contributed by atoms with Crippen molar-refractivity contribution in [3.63, 3.8) is 0 Å². The van der Waals surface area contributed by atoms with E-state index >= 15 is 0 Å². The minimum Gasteiger partial charge on any atom is -0.473 e. The average molecular weight is 512 g/mol. The lowest BCUT2D eigenvalue weighted by Gasteiger charge is -2.09. The highest BCUT2D eigenvalue weighted by molar-refractivity contribution is 7.92. The molecule has 7 nitrogen and oxygen atoms in total. The predicted molar refractivity (Wildman–Crippen MR) is 140 cm³/mol. The molecule has 0 aliphatic carbocycles. The second-order valence-electron chi connectivity index (χ2n) is 8.90. The Hall–Kier alpha value is -2.91. The first kappa shape index (κ1) is 23.8. The fourth-order valence-corrected chi connectivity index (χ4v) is 5.01. The van der Waals surface area contributed by atoms with Crippen molar-refractivity contribution < 1.29 is 18.8 Å². The number of aliphatic hydroxyl groups excluding tert-OH is 1. The highest BCUT2D eigenvalue weighted by atomic mass is 35.5. The Kier molecular flexibility index (Phi) is 6.55. The van der Waals surface area contributed by atoms with Crippen LogP contribution in [-0.2, 0) is 14.5 Å². The standard InChI is InChI=1S/C26H26ClN3O4S/c1-35(2,32)30-19-9-7-17(8-10-19)16-3-5-18(6-4-16)26-22(27)12-23-24(29-26)13-25(28-23)34-21-11-20(14-31)33-15-21/h3-10,12-13,20-21,28,31H,11,14-15H2,1-2H3/t20?,21-/m0/s1. The first-order valence-electron chi connectivity index (χ1n) is 11.2. The molecule has 9 heteroatoms. The number of nitrogens with one attached hydrogen (secondary N) is 1. The van der Waals surface area contributed by atoms with Crippen LogP contribution in [0.15, 0.2) is 65.0 Å². The van der Waals surface area contributed by atoms with Crippen molar-refractivity contribution in [3.8, 4) is 28.3 Å². The number of nitrogens with zero attached hydrogens (tertiary/aromatic N) is 2. The highest BCUT2D eigenvalue weighted by Gasteiger charge is 2.27. The van der Waals surface area contributed by atoms with Gasteiger partial charge in [-0.2, -0.15) is 4.36 Å². The normalized spacial score (nSPS) is 18.2. The summed E-state index contributed by atoms with van der Waals surface area (Å²) in [5.74, 6) is 0.598. The number of ether oxygens (including phenoxy) is 2. The molecule has 2 atom stereocenters. The zero-order valence-corrected chi connectivity index (χ0v) is 21.0. The Labute approximate surface area is 209 Å². The number of H-pyrrole nitrogens is 1. The molecule has 4 aromatic rings. The van der Waals surface area contributed by atoms with Gasteiger partial charge in [-0.3, -0.25) is 0 Å². The number of rotatable bonds is 6. The quantitative estimate of drug-likeness (QED) is 0.359. The van der Waals surface area contributed by atoms with Gasteiger partial charge in [0.15, 0.2) is 5.88 Å². The van der Waals surface area contributed by atoms with E-state index < -0.39 is 9.73 Å². The summed E-state index contributed by atoms with van der Waals surface area (Å²) in [5, 5.41) is 9.78. The third kappa shape index (κ3) is 5.51. The maximum Gasteiger partial charge on any atom is 0.193 e. The first-order chi connectivity index (χ1) is 16.8. The van der Waals surface area contributed by atoms with E-state index in [0.717, 1.165) is 27.7 Å². The summed E-state index contributed by atoms with van der Waals surface area (Å²) < 4.78 is 27.6. The summed E-state index contributed by atoms with van der Waals surface area (Å²) in [5.41, 5.74) is 5.92. The van der Waals surface area contributed by atoms with Gasteiger partial charge in [0, 0.05) is 40.3 Å². The summed E-state index contributed by atoms with van der Waals surface area (Å²) in [6.07, 6.45) is 3.60. The van der Waals surface area contributed by atoms with E-state index in [9.17, 15) is 9.32 Å². The van der Waals surface area contributed by atoms with E-state index in [4.69, 9.17) is 26.1 Å². The largest absolute Gasteiger partial charge is 0.473 e. The second-order valence-corrected chi connectivity index (χ2v) is 11.8. The van der Waals surface area contributed by atoms with E-state index in [-0.39, 0.29) is 18.8 Å². The molecule has 2 N–H and O–H groups in total. The van der Waals surface area contributed by atoms with Gasteiger partial charge >= 0.3 is 0 Å². The van der Waals surface area contributed by atoms with Crippen molar-refractivity contribution in [2.45, 2.75) is 18.6 Å². The molecule has 1 aliphatic rings. The Morgan fingerprint density at radius 3 is 2.40 bits per heavy atom. The third-order valence-electron chi connectivity index (χ3n) is 5.76. The summed E-state index contributed by atoms with van der Waals surface area (Å²) in [6, 6.07) is 19.4. The van der Waals surface area contributed by atoms with Gasteiger partial charge in [-0.1, -0.05) is 48.0 Å². The number of benzene rings is 2. The fraction of sp³-hybridized carbons (Fsp3) is 0.269. The van der Waals surface area contributed by atoms with E-state index in [1.807, 2.05) is 60.7 Å². The van der Waals surface area contributed by atoms with Crippen LogP contribution in [0.4, 0.5) is 5.69 Å². The molecule has 0 amide bonds. The Morgan fingerprint density at radius 1 is 1.11 bits per heavy atom. The molecule has 1 saturated heterocycles. The molecule has 35 heavy (non-hydrogen) atoms. The summed E-state index contributed by atoms with van der Waals surface area (Å²) >= 11 is 6.58. The van der Waals surface area contributed by atoms with Gasteiger partial charge < -0.3 is 19.6 Å². The van der Waals surface area contributed by atoms with Crippen LogP contribution in [0, 0.1) is 0 Å². The van der Waals surface area contributed by atoms with Gasteiger partial charge in [-0.05, 0) is 29.3 Å². The van der Waals surface area contributed by atoms with Crippen molar-refractivity contribution in [2.24, 2.45) is 4.36 Å². The van der Waals surface area contributed by atoms with Crippen LogP contribution >= 0.6 is 11.6 Å². The number of aromatic nitrogens is 2. The van der Waals surface area contributed by atoms with Crippen molar-refractivity contribution >= 4 is 38.1 Å². The van der Waals surface area contributed by atoms with E-state index in [2.05, 4.69) is 9.35 Å². The molecule has 0 bridgehead atoms. The van der Waals surface area contributed by atoms with Crippen molar-refractivity contribution in [1.29, 1.82) is 0 Å². The molecule has 2 aromatic carbocycles. The molecule has 3 heterocycles. The Balaban J connectivity index is 1.36. The number of halogens is 1. The van der Waals surface area contributed by atoms with Crippen molar-refractivity contribution in [3.05, 3.63) is 65.7 Å². The third-order valence-corrected chi connectivity index (χ3v) is 6.69. The molecule has 182 valence electrons. The second kappa shape index (κ2) is 9.62. The number of pyridine rings is 1. The van der Waals surface area contributed by atoms with Gasteiger partial charge in [-0.15, -0.1) is 0 Å². The lowest BCUT2D eigenvalue weighted by molar-refractivity contribution is 0.0531. The van der Waals surface area contributed by atoms with Crippen LogP contribution in [0.2, 0.25) is 5.02 Å². The van der Waals surface area contributed by atoms with Crippen LogP contribution in [0.1, 0.15) is 6.42 Å². The molecule has 0 radical (unpaired) electrons. The first-order valence-corrected chi connectivity index (χ1v) is 13.9. The summed E-state index contributed by atoms with van der Waals surface area (Å²) in [7, 11) is -2.19. The topological polar surface area (TPSA) is 96.8 Å². The lowest BCUT2D eigenvalue weighted by Crippen LogP contribution is -2.17. The molecule has 1 aliphatic heterocycles. The molecular weight excluding hydrogens is 486 g/mol. The highest BCUT2D eigenvalue weighted by Crippen LogP contribution is 2.33. The lowest BCUT2D eigenvalue weighted by atomic mass is 10.0. The number of aromatic amines is 1. The molecule has 1 unspecified atom stereocenters. The minimum absolute atomic E-state index is 0.00634. The zero-order valence-electron chi connectivity index (χ0n) is 19.4. The van der Waals surface area contributed by atoms with Crippen LogP contribution in [0.5, 0.6) is 5.88 Å². The molecule has 2 aromatic heterocycles. The van der Waals surface area contributed by atoms with Gasteiger partial charge in [-0.25, -0.2) is 9.19 Å². The smallest absolute Gasteiger partial charge is 0.193 e. The number of hydrogen-bond donors (Lipinski definition) is 2. The molecule has 0 spiro atoms. The van der Waals surface area contributed by atoms with Crippen LogP contribution in [0.25, 0.3) is 33.4 Å². The Morgan fingerprint density at radius 2 is 1.77 bits per heavy atom.